The summed E-state index contributed by atoms with van der Waals surface area (Å²) in [6, 6.07) is 18.2. The van der Waals surface area contributed by atoms with Crippen LogP contribution in [-0.2, 0) is 24.2 Å². The van der Waals surface area contributed by atoms with Gasteiger partial charge in [0.2, 0.25) is 0 Å². The van der Waals surface area contributed by atoms with Crippen LogP contribution in [0.15, 0.2) is 60.8 Å². The molecular formula is C23H23N3O2. The van der Waals surface area contributed by atoms with Crippen LogP contribution in [0.4, 0.5) is 0 Å². The second-order valence-corrected chi connectivity index (χ2v) is 7.56. The van der Waals surface area contributed by atoms with Gasteiger partial charge in [-0.25, -0.2) is 0 Å². The molecule has 2 heterocycles. The maximum Gasteiger partial charge on any atom is 0.261 e. The van der Waals surface area contributed by atoms with E-state index in [9.17, 15) is 4.79 Å². The second kappa shape index (κ2) is 7.15. The van der Waals surface area contributed by atoms with Crippen LogP contribution in [-0.4, -0.2) is 21.8 Å². The van der Waals surface area contributed by atoms with Crippen LogP contribution in [0.1, 0.15) is 41.3 Å². The summed E-state index contributed by atoms with van der Waals surface area (Å²) in [5.41, 5.74) is 4.71. The zero-order chi connectivity index (χ0) is 18.9. The molecule has 1 amide bonds. The van der Waals surface area contributed by atoms with E-state index in [-0.39, 0.29) is 11.9 Å². The van der Waals surface area contributed by atoms with Crippen molar-refractivity contribution in [2.45, 2.75) is 44.4 Å². The monoisotopic (exact) mass is 373 g/mol. The van der Waals surface area contributed by atoms with Crippen molar-refractivity contribution >= 4 is 5.91 Å². The molecule has 0 unspecified atom stereocenters. The number of rotatable bonds is 4. The summed E-state index contributed by atoms with van der Waals surface area (Å²) in [6.45, 7) is 0.762. The molecule has 28 heavy (non-hydrogen) atoms. The van der Waals surface area contributed by atoms with Gasteiger partial charge in [0.1, 0.15) is 5.75 Å². The third-order valence-electron chi connectivity index (χ3n) is 5.69. The van der Waals surface area contributed by atoms with Crippen molar-refractivity contribution in [2.24, 2.45) is 0 Å². The molecule has 1 aliphatic heterocycles. The number of carbonyl (C=O) groups is 1. The zero-order valence-electron chi connectivity index (χ0n) is 15.7. The normalized spacial score (nSPS) is 20.1. The van der Waals surface area contributed by atoms with E-state index < -0.39 is 6.10 Å². The molecule has 0 fully saturated rings. The highest BCUT2D eigenvalue weighted by Gasteiger charge is 2.32. The summed E-state index contributed by atoms with van der Waals surface area (Å²) in [5.74, 6) is 0.785. The summed E-state index contributed by atoms with van der Waals surface area (Å²) in [6.07, 6.45) is 5.10. The zero-order valence-corrected chi connectivity index (χ0v) is 15.7. The van der Waals surface area contributed by atoms with E-state index >= 15 is 0 Å². The van der Waals surface area contributed by atoms with Gasteiger partial charge in [0.05, 0.1) is 18.8 Å². The van der Waals surface area contributed by atoms with Gasteiger partial charge >= 0.3 is 0 Å². The Kier molecular flexibility index (Phi) is 4.35. The summed E-state index contributed by atoms with van der Waals surface area (Å²) < 4.78 is 7.92. The molecule has 0 spiro atoms. The van der Waals surface area contributed by atoms with Crippen molar-refractivity contribution in [1.29, 1.82) is 0 Å². The lowest BCUT2D eigenvalue weighted by atomic mass is 9.92. The van der Waals surface area contributed by atoms with Crippen LogP contribution in [0, 0.1) is 0 Å². The molecule has 2 aromatic carbocycles. The average Bonchev–Trinajstić information content (AvgIpc) is 3.34. The first-order chi connectivity index (χ1) is 13.8. The lowest BCUT2D eigenvalue weighted by Crippen LogP contribution is -2.40. The van der Waals surface area contributed by atoms with E-state index in [1.165, 1.54) is 11.3 Å². The smallest absolute Gasteiger partial charge is 0.261 e. The van der Waals surface area contributed by atoms with Gasteiger partial charge in [0.25, 0.3) is 5.91 Å². The molecule has 142 valence electrons. The molecule has 1 aliphatic carbocycles. The van der Waals surface area contributed by atoms with Gasteiger partial charge in [-0.05, 0) is 36.5 Å². The van der Waals surface area contributed by atoms with Crippen LogP contribution in [0.2, 0.25) is 0 Å². The lowest BCUT2D eigenvalue weighted by molar-refractivity contribution is -0.128. The molecule has 0 saturated carbocycles. The highest BCUT2D eigenvalue weighted by Crippen LogP contribution is 2.32. The van der Waals surface area contributed by atoms with Crippen LogP contribution < -0.4 is 10.1 Å². The predicted molar refractivity (Wildman–Crippen MR) is 106 cm³/mol. The molecule has 1 N–H and O–H groups in total. The summed E-state index contributed by atoms with van der Waals surface area (Å²) in [4.78, 5) is 12.8. The standard InChI is InChI=1S/C23H23N3O2/c27-23(22-13-17-9-4-5-12-21(17)28-22)25-19-10-6-11-20-18(19)14-24-26(20)15-16-7-2-1-3-8-16/h1-5,7-9,12,14,19,22H,6,10-11,13,15H2,(H,25,27)/t19-,22+/m0/s1. The van der Waals surface area contributed by atoms with E-state index in [0.717, 1.165) is 42.7 Å². The number of nitrogens with zero attached hydrogens (tertiary/aromatic N) is 2. The third-order valence-corrected chi connectivity index (χ3v) is 5.69. The minimum Gasteiger partial charge on any atom is -0.480 e. The number of ether oxygens (including phenoxy) is 1. The highest BCUT2D eigenvalue weighted by atomic mass is 16.5. The first-order valence-corrected chi connectivity index (χ1v) is 9.91. The van der Waals surface area contributed by atoms with Gasteiger partial charge in [-0.3, -0.25) is 9.48 Å². The molecule has 2 aliphatic rings. The van der Waals surface area contributed by atoms with E-state index in [2.05, 4.69) is 27.2 Å². The van der Waals surface area contributed by atoms with E-state index in [1.807, 2.05) is 48.7 Å². The van der Waals surface area contributed by atoms with Crippen LogP contribution in [0.25, 0.3) is 0 Å². The van der Waals surface area contributed by atoms with Gasteiger partial charge in [-0.1, -0.05) is 48.5 Å². The van der Waals surface area contributed by atoms with Crippen molar-refractivity contribution in [3.63, 3.8) is 0 Å². The fourth-order valence-corrected chi connectivity index (χ4v) is 4.25. The summed E-state index contributed by atoms with van der Waals surface area (Å²) >= 11 is 0. The second-order valence-electron chi connectivity index (χ2n) is 7.56. The average molecular weight is 373 g/mol. The number of benzene rings is 2. The minimum absolute atomic E-state index is 0.00749. The molecule has 0 saturated heterocycles. The number of carbonyl (C=O) groups excluding carboxylic acids is 1. The molecule has 3 aromatic rings. The summed E-state index contributed by atoms with van der Waals surface area (Å²) in [5, 5.41) is 7.83. The van der Waals surface area contributed by atoms with E-state index in [4.69, 9.17) is 4.74 Å². The number of aromatic nitrogens is 2. The van der Waals surface area contributed by atoms with Crippen LogP contribution in [0.5, 0.6) is 5.75 Å². The Balaban J connectivity index is 1.30. The first-order valence-electron chi connectivity index (χ1n) is 9.91. The number of amides is 1. The van der Waals surface area contributed by atoms with Gasteiger partial charge < -0.3 is 10.1 Å². The maximum absolute atomic E-state index is 12.8. The largest absolute Gasteiger partial charge is 0.480 e. The van der Waals surface area contributed by atoms with E-state index in [0.29, 0.717) is 6.42 Å². The molecular weight excluding hydrogens is 350 g/mol. The number of hydrogen-bond acceptors (Lipinski definition) is 3. The van der Waals surface area contributed by atoms with Gasteiger partial charge in [0, 0.05) is 17.7 Å². The molecule has 5 heteroatoms. The number of hydrogen-bond donors (Lipinski definition) is 1. The van der Waals surface area contributed by atoms with Crippen LogP contribution >= 0.6 is 0 Å². The Morgan fingerprint density at radius 2 is 1.96 bits per heavy atom. The van der Waals surface area contributed by atoms with Crippen molar-refractivity contribution in [2.75, 3.05) is 0 Å². The van der Waals surface area contributed by atoms with E-state index in [1.54, 1.807) is 0 Å². The SMILES string of the molecule is O=C(N[C@H]1CCCc2c1cnn2Cc1ccccc1)[C@H]1Cc2ccccc2O1. The van der Waals surface area contributed by atoms with Crippen LogP contribution in [0.3, 0.4) is 0 Å². The summed E-state index contributed by atoms with van der Waals surface area (Å²) in [7, 11) is 0. The third kappa shape index (κ3) is 3.17. The highest BCUT2D eigenvalue weighted by molar-refractivity contribution is 5.83. The molecule has 0 radical (unpaired) electrons. The molecule has 1 aromatic heterocycles. The molecule has 0 bridgehead atoms. The Bertz CT molecular complexity index is 971. The molecule has 5 nitrogen and oxygen atoms in total. The van der Waals surface area contributed by atoms with Gasteiger partial charge in [-0.15, -0.1) is 0 Å². The first kappa shape index (κ1) is 17.0. The quantitative estimate of drug-likeness (QED) is 0.762. The lowest BCUT2D eigenvalue weighted by Gasteiger charge is -2.25. The van der Waals surface area contributed by atoms with Crippen molar-refractivity contribution in [3.8, 4) is 5.75 Å². The Morgan fingerprint density at radius 3 is 2.82 bits per heavy atom. The predicted octanol–water partition coefficient (Wildman–Crippen LogP) is 3.43. The number of nitrogens with one attached hydrogen (secondary N) is 1. The Labute approximate surface area is 164 Å². The number of fused-ring (bicyclic) bond motifs is 2. The number of para-hydroxylation sites is 1. The van der Waals surface area contributed by atoms with Crippen molar-refractivity contribution in [3.05, 3.63) is 83.2 Å². The van der Waals surface area contributed by atoms with Crippen molar-refractivity contribution in [1.82, 2.24) is 15.1 Å². The van der Waals surface area contributed by atoms with Crippen molar-refractivity contribution < 1.29 is 9.53 Å². The fourth-order valence-electron chi connectivity index (χ4n) is 4.25. The Hall–Kier alpha value is -3.08. The minimum atomic E-state index is -0.442. The molecule has 5 rings (SSSR count). The molecule has 2 atom stereocenters. The Morgan fingerprint density at radius 1 is 1.14 bits per heavy atom. The maximum atomic E-state index is 12.8. The topological polar surface area (TPSA) is 56.2 Å². The fraction of sp³-hybridized carbons (Fsp3) is 0.304. The van der Waals surface area contributed by atoms with Gasteiger partial charge in [0.15, 0.2) is 6.10 Å². The van der Waals surface area contributed by atoms with Gasteiger partial charge in [-0.2, -0.15) is 5.10 Å².